The van der Waals surface area contributed by atoms with Gasteiger partial charge in [-0.3, -0.25) is 9.59 Å². The highest BCUT2D eigenvalue weighted by Crippen LogP contribution is 2.46. The fourth-order valence-electron chi connectivity index (χ4n) is 4.41. The van der Waals surface area contributed by atoms with Crippen molar-refractivity contribution in [1.29, 1.82) is 0 Å². The van der Waals surface area contributed by atoms with Gasteiger partial charge in [0.1, 0.15) is 0 Å². The average molecular weight is 336 g/mol. The van der Waals surface area contributed by atoms with Crippen LogP contribution in [-0.4, -0.2) is 60.5 Å². The molecule has 2 amide bonds. The standard InChI is InChI=1S/C19H32N2O3/c1-5-24-16-11-15(19(16,2)3)20(4)17(22)14-7-6-10-21(12-14)18(23)13-8-9-13/h13-16H,5-12H2,1-4H3/t14-,15+,16-/m1/s1. The molecule has 5 heteroatoms. The predicted octanol–water partition coefficient (Wildman–Crippen LogP) is 2.30. The van der Waals surface area contributed by atoms with E-state index in [1.54, 1.807) is 0 Å². The van der Waals surface area contributed by atoms with Gasteiger partial charge in [0.25, 0.3) is 0 Å². The lowest BCUT2D eigenvalue weighted by Crippen LogP contribution is -2.63. The summed E-state index contributed by atoms with van der Waals surface area (Å²) >= 11 is 0. The van der Waals surface area contributed by atoms with Crippen molar-refractivity contribution >= 4 is 11.8 Å². The van der Waals surface area contributed by atoms with Gasteiger partial charge in [-0.25, -0.2) is 0 Å². The third-order valence-electron chi connectivity index (χ3n) is 6.32. The molecule has 0 aromatic rings. The maximum Gasteiger partial charge on any atom is 0.227 e. The van der Waals surface area contributed by atoms with Crippen LogP contribution in [-0.2, 0) is 14.3 Å². The molecule has 1 aliphatic heterocycles. The Morgan fingerprint density at radius 3 is 2.50 bits per heavy atom. The lowest BCUT2D eigenvalue weighted by Gasteiger charge is -2.55. The number of carbonyl (C=O) groups is 2. The molecular formula is C19H32N2O3. The number of piperidine rings is 1. The molecule has 2 aliphatic carbocycles. The summed E-state index contributed by atoms with van der Waals surface area (Å²) in [4.78, 5) is 29.2. The Kier molecular flexibility index (Phi) is 4.92. The molecule has 3 rings (SSSR count). The molecule has 3 atom stereocenters. The van der Waals surface area contributed by atoms with E-state index < -0.39 is 0 Å². The first-order valence-electron chi connectivity index (χ1n) is 9.53. The minimum Gasteiger partial charge on any atom is -0.378 e. The second kappa shape index (κ2) is 6.66. The van der Waals surface area contributed by atoms with Crippen LogP contribution in [0, 0.1) is 17.3 Å². The zero-order chi connectivity index (χ0) is 17.5. The minimum atomic E-state index is -0.0339. The molecule has 0 unspecified atom stereocenters. The maximum absolute atomic E-state index is 13.0. The first kappa shape index (κ1) is 17.7. The van der Waals surface area contributed by atoms with Crippen molar-refractivity contribution < 1.29 is 14.3 Å². The van der Waals surface area contributed by atoms with Crippen LogP contribution in [0.25, 0.3) is 0 Å². The summed E-state index contributed by atoms with van der Waals surface area (Å²) in [7, 11) is 1.93. The zero-order valence-corrected chi connectivity index (χ0v) is 15.6. The first-order chi connectivity index (χ1) is 11.4. The van der Waals surface area contributed by atoms with Gasteiger partial charge in [-0.1, -0.05) is 13.8 Å². The molecule has 0 aromatic heterocycles. The summed E-state index contributed by atoms with van der Waals surface area (Å²) in [6.45, 7) is 8.56. The highest BCUT2D eigenvalue weighted by Gasteiger charge is 2.52. The van der Waals surface area contributed by atoms with E-state index in [4.69, 9.17) is 4.74 Å². The maximum atomic E-state index is 13.0. The number of hydrogen-bond donors (Lipinski definition) is 0. The van der Waals surface area contributed by atoms with Crippen LogP contribution < -0.4 is 0 Å². The van der Waals surface area contributed by atoms with E-state index in [0.29, 0.717) is 6.54 Å². The number of ether oxygens (including phenoxy) is 1. The largest absolute Gasteiger partial charge is 0.378 e. The molecule has 0 aromatic carbocycles. The van der Waals surface area contributed by atoms with E-state index in [-0.39, 0.29) is 41.2 Å². The van der Waals surface area contributed by atoms with E-state index in [1.807, 2.05) is 23.8 Å². The summed E-state index contributed by atoms with van der Waals surface area (Å²) in [5, 5.41) is 0. The zero-order valence-electron chi connectivity index (χ0n) is 15.6. The Hall–Kier alpha value is -1.10. The van der Waals surface area contributed by atoms with Gasteiger partial charge >= 0.3 is 0 Å². The van der Waals surface area contributed by atoms with Gasteiger partial charge in [0.05, 0.1) is 12.0 Å². The van der Waals surface area contributed by atoms with Crippen molar-refractivity contribution in [3.05, 3.63) is 0 Å². The normalized spacial score (nSPS) is 32.2. The molecule has 3 fully saturated rings. The number of carbonyl (C=O) groups excluding carboxylic acids is 2. The lowest BCUT2D eigenvalue weighted by atomic mass is 9.63. The van der Waals surface area contributed by atoms with Crippen LogP contribution in [0.2, 0.25) is 0 Å². The molecule has 136 valence electrons. The van der Waals surface area contributed by atoms with Crippen molar-refractivity contribution in [2.45, 2.75) is 65.0 Å². The van der Waals surface area contributed by atoms with Crippen molar-refractivity contribution in [3.63, 3.8) is 0 Å². The van der Waals surface area contributed by atoms with Crippen LogP contribution in [0.4, 0.5) is 0 Å². The van der Waals surface area contributed by atoms with E-state index in [9.17, 15) is 9.59 Å². The number of rotatable bonds is 5. The number of hydrogen-bond acceptors (Lipinski definition) is 3. The summed E-state index contributed by atoms with van der Waals surface area (Å²) < 4.78 is 5.79. The third kappa shape index (κ3) is 3.19. The molecule has 1 saturated heterocycles. The topological polar surface area (TPSA) is 49.9 Å². The number of likely N-dealkylation sites (tertiary alicyclic amines) is 1. The van der Waals surface area contributed by atoms with E-state index in [2.05, 4.69) is 13.8 Å². The van der Waals surface area contributed by atoms with E-state index in [1.165, 1.54) is 0 Å². The van der Waals surface area contributed by atoms with Gasteiger partial charge in [-0.2, -0.15) is 0 Å². The van der Waals surface area contributed by atoms with Crippen LogP contribution >= 0.6 is 0 Å². The molecule has 0 bridgehead atoms. The minimum absolute atomic E-state index is 0.00138. The summed E-state index contributed by atoms with van der Waals surface area (Å²) in [6, 6.07) is 0.232. The Balaban J connectivity index is 1.58. The SMILES string of the molecule is CCO[C@@H]1C[C@H](N(C)C(=O)[C@@H]2CCCN(C(=O)C3CC3)C2)C1(C)C. The van der Waals surface area contributed by atoms with E-state index >= 15 is 0 Å². The fourth-order valence-corrected chi connectivity index (χ4v) is 4.41. The number of amides is 2. The van der Waals surface area contributed by atoms with Crippen molar-refractivity contribution in [2.75, 3.05) is 26.7 Å². The van der Waals surface area contributed by atoms with Crippen molar-refractivity contribution in [3.8, 4) is 0 Å². The van der Waals surface area contributed by atoms with Crippen molar-refractivity contribution in [2.24, 2.45) is 17.3 Å². The van der Waals surface area contributed by atoms with Crippen LogP contribution in [0.1, 0.15) is 52.9 Å². The molecular weight excluding hydrogens is 304 g/mol. The fraction of sp³-hybridized carbons (Fsp3) is 0.895. The van der Waals surface area contributed by atoms with Crippen LogP contribution in [0.5, 0.6) is 0 Å². The van der Waals surface area contributed by atoms with Gasteiger partial charge < -0.3 is 14.5 Å². The second-order valence-corrected chi connectivity index (χ2v) is 8.36. The summed E-state index contributed by atoms with van der Waals surface area (Å²) in [5.74, 6) is 0.689. The van der Waals surface area contributed by atoms with Gasteiger partial charge in [0.15, 0.2) is 0 Å². The number of nitrogens with zero attached hydrogens (tertiary/aromatic N) is 2. The van der Waals surface area contributed by atoms with Gasteiger partial charge in [0.2, 0.25) is 11.8 Å². The summed E-state index contributed by atoms with van der Waals surface area (Å²) in [6.07, 6.45) is 5.06. The highest BCUT2D eigenvalue weighted by atomic mass is 16.5. The Morgan fingerprint density at radius 1 is 1.21 bits per heavy atom. The first-order valence-corrected chi connectivity index (χ1v) is 9.53. The monoisotopic (exact) mass is 336 g/mol. The molecule has 5 nitrogen and oxygen atoms in total. The van der Waals surface area contributed by atoms with Gasteiger partial charge in [-0.05, 0) is 39.0 Å². The molecule has 0 N–H and O–H groups in total. The Bertz CT molecular complexity index is 501. The Morgan fingerprint density at radius 2 is 1.92 bits per heavy atom. The quantitative estimate of drug-likeness (QED) is 0.774. The van der Waals surface area contributed by atoms with Gasteiger partial charge in [0, 0.05) is 44.1 Å². The third-order valence-corrected chi connectivity index (χ3v) is 6.32. The van der Waals surface area contributed by atoms with Crippen LogP contribution in [0.3, 0.4) is 0 Å². The molecule has 1 heterocycles. The highest BCUT2D eigenvalue weighted by molar-refractivity contribution is 5.83. The molecule has 3 aliphatic rings. The average Bonchev–Trinajstić information content (AvgIpc) is 3.41. The molecule has 24 heavy (non-hydrogen) atoms. The second-order valence-electron chi connectivity index (χ2n) is 8.36. The Labute approximate surface area is 145 Å². The van der Waals surface area contributed by atoms with Gasteiger partial charge in [-0.15, -0.1) is 0 Å². The summed E-state index contributed by atoms with van der Waals surface area (Å²) in [5.41, 5.74) is -0.00138. The van der Waals surface area contributed by atoms with Crippen LogP contribution in [0.15, 0.2) is 0 Å². The molecule has 0 spiro atoms. The van der Waals surface area contributed by atoms with Crippen molar-refractivity contribution in [1.82, 2.24) is 9.80 Å². The smallest absolute Gasteiger partial charge is 0.227 e. The molecule has 0 radical (unpaired) electrons. The predicted molar refractivity (Wildman–Crippen MR) is 92.4 cm³/mol. The lowest BCUT2D eigenvalue weighted by molar-refractivity contribution is -0.167. The molecule has 2 saturated carbocycles. The van der Waals surface area contributed by atoms with E-state index in [0.717, 1.165) is 45.3 Å².